The standard InChI is InChI=1S/C22H31N5O2/c1-22(2,3)29-21(28)27-19-8-9-20(27)11-18(10-19)24-12-16-4-6-17(7-5-16)13-26-15-23-14-25-26/h4-7,14-15,18-20,24H,8-13H2,1-3H3. The van der Waals surface area contributed by atoms with Gasteiger partial charge in [0.2, 0.25) is 0 Å². The molecule has 1 N–H and O–H groups in total. The average Bonchev–Trinajstić information content (AvgIpc) is 3.26. The molecule has 7 nitrogen and oxygen atoms in total. The Morgan fingerprint density at radius 3 is 2.38 bits per heavy atom. The summed E-state index contributed by atoms with van der Waals surface area (Å²) in [6, 6.07) is 9.67. The van der Waals surface area contributed by atoms with Crippen molar-refractivity contribution >= 4 is 6.09 Å². The zero-order valence-corrected chi connectivity index (χ0v) is 17.5. The van der Waals surface area contributed by atoms with Crippen molar-refractivity contribution in [3.05, 3.63) is 48.0 Å². The fourth-order valence-electron chi connectivity index (χ4n) is 4.48. The van der Waals surface area contributed by atoms with Gasteiger partial charge in [-0.1, -0.05) is 24.3 Å². The number of piperidine rings is 1. The summed E-state index contributed by atoms with van der Waals surface area (Å²) in [6.45, 7) is 7.37. The minimum atomic E-state index is -0.439. The summed E-state index contributed by atoms with van der Waals surface area (Å²) in [6.07, 6.45) is 7.30. The second kappa shape index (κ2) is 8.14. The summed E-state index contributed by atoms with van der Waals surface area (Å²) in [5.41, 5.74) is 2.04. The van der Waals surface area contributed by atoms with Crippen LogP contribution in [-0.2, 0) is 17.8 Å². The Labute approximate surface area is 172 Å². The number of nitrogens with zero attached hydrogens (tertiary/aromatic N) is 4. The first kappa shape index (κ1) is 19.9. The average molecular weight is 398 g/mol. The molecule has 0 saturated carbocycles. The second-order valence-corrected chi connectivity index (χ2v) is 9.23. The molecule has 156 valence electrons. The fraction of sp³-hybridized carbons (Fsp3) is 0.591. The molecule has 1 aromatic heterocycles. The Morgan fingerprint density at radius 2 is 1.79 bits per heavy atom. The van der Waals surface area contributed by atoms with E-state index in [0.717, 1.165) is 38.8 Å². The minimum absolute atomic E-state index is 0.147. The van der Waals surface area contributed by atoms with E-state index in [1.807, 2.05) is 30.4 Å². The van der Waals surface area contributed by atoms with Crippen LogP contribution in [0.1, 0.15) is 57.6 Å². The number of carbonyl (C=O) groups is 1. The van der Waals surface area contributed by atoms with Gasteiger partial charge in [-0.3, -0.25) is 0 Å². The third-order valence-corrected chi connectivity index (χ3v) is 5.77. The highest BCUT2D eigenvalue weighted by Crippen LogP contribution is 2.36. The maximum absolute atomic E-state index is 12.6. The number of hydrogen-bond acceptors (Lipinski definition) is 5. The van der Waals surface area contributed by atoms with Crippen LogP contribution in [0.5, 0.6) is 0 Å². The van der Waals surface area contributed by atoms with Gasteiger partial charge >= 0.3 is 6.09 Å². The normalized spacial score (nSPS) is 24.0. The number of benzene rings is 1. The van der Waals surface area contributed by atoms with E-state index >= 15 is 0 Å². The van der Waals surface area contributed by atoms with Crippen molar-refractivity contribution in [1.82, 2.24) is 25.0 Å². The highest BCUT2D eigenvalue weighted by Gasteiger charge is 2.44. The molecule has 2 bridgehead atoms. The Bertz CT molecular complexity index is 799. The van der Waals surface area contributed by atoms with E-state index in [4.69, 9.17) is 4.74 Å². The van der Waals surface area contributed by atoms with Gasteiger partial charge in [0.05, 0.1) is 6.54 Å². The largest absolute Gasteiger partial charge is 0.444 e. The molecular weight excluding hydrogens is 366 g/mol. The first-order valence-corrected chi connectivity index (χ1v) is 10.5. The smallest absolute Gasteiger partial charge is 0.410 e. The number of nitrogens with one attached hydrogen (secondary N) is 1. The summed E-state index contributed by atoms with van der Waals surface area (Å²) in [5, 5.41) is 7.85. The van der Waals surface area contributed by atoms with E-state index < -0.39 is 5.60 Å². The lowest BCUT2D eigenvalue weighted by atomic mass is 9.97. The van der Waals surface area contributed by atoms with Crippen molar-refractivity contribution < 1.29 is 9.53 Å². The number of aromatic nitrogens is 3. The molecule has 7 heteroatoms. The first-order chi connectivity index (χ1) is 13.9. The highest BCUT2D eigenvalue weighted by atomic mass is 16.6. The van der Waals surface area contributed by atoms with Gasteiger partial charge in [0, 0.05) is 24.7 Å². The van der Waals surface area contributed by atoms with Gasteiger partial charge in [0.1, 0.15) is 18.3 Å². The first-order valence-electron chi connectivity index (χ1n) is 10.5. The predicted octanol–water partition coefficient (Wildman–Crippen LogP) is 3.35. The third-order valence-electron chi connectivity index (χ3n) is 5.77. The summed E-state index contributed by atoms with van der Waals surface area (Å²) < 4.78 is 7.45. The molecule has 2 aromatic rings. The van der Waals surface area contributed by atoms with E-state index in [1.165, 1.54) is 11.1 Å². The van der Waals surface area contributed by atoms with Crippen LogP contribution in [0.3, 0.4) is 0 Å². The molecule has 1 amide bonds. The lowest BCUT2D eigenvalue weighted by molar-refractivity contribution is 0.00466. The number of hydrogen-bond donors (Lipinski definition) is 1. The van der Waals surface area contributed by atoms with Crippen LogP contribution in [0.25, 0.3) is 0 Å². The topological polar surface area (TPSA) is 72.3 Å². The van der Waals surface area contributed by atoms with Crippen LogP contribution in [-0.4, -0.2) is 49.5 Å². The zero-order chi connectivity index (χ0) is 20.4. The summed E-state index contributed by atoms with van der Waals surface area (Å²) >= 11 is 0. The molecule has 2 atom stereocenters. The molecule has 2 unspecified atom stereocenters. The van der Waals surface area contributed by atoms with E-state index in [2.05, 4.69) is 39.7 Å². The van der Waals surface area contributed by atoms with Gasteiger partial charge < -0.3 is 15.0 Å². The molecule has 2 saturated heterocycles. The highest BCUT2D eigenvalue weighted by molar-refractivity contribution is 5.69. The molecule has 2 fully saturated rings. The Hall–Kier alpha value is -2.41. The maximum atomic E-state index is 12.6. The summed E-state index contributed by atoms with van der Waals surface area (Å²) in [7, 11) is 0. The van der Waals surface area contributed by atoms with Crippen LogP contribution in [0, 0.1) is 0 Å². The Morgan fingerprint density at radius 1 is 1.14 bits per heavy atom. The van der Waals surface area contributed by atoms with Gasteiger partial charge in [0.15, 0.2) is 0 Å². The molecule has 2 aliphatic heterocycles. The molecule has 3 heterocycles. The van der Waals surface area contributed by atoms with Gasteiger partial charge in [0.25, 0.3) is 0 Å². The van der Waals surface area contributed by atoms with Crippen molar-refractivity contribution in [3.8, 4) is 0 Å². The molecule has 4 rings (SSSR count). The van der Waals surface area contributed by atoms with Crippen LogP contribution < -0.4 is 5.32 Å². The molecular formula is C22H31N5O2. The molecule has 1 aromatic carbocycles. The SMILES string of the molecule is CC(C)(C)OC(=O)N1C2CCC1CC(NCc1ccc(Cn3cncn3)cc1)C2. The number of carbonyl (C=O) groups excluding carboxylic acids is 1. The Balaban J connectivity index is 1.28. The van der Waals surface area contributed by atoms with Crippen molar-refractivity contribution in [3.63, 3.8) is 0 Å². The van der Waals surface area contributed by atoms with Gasteiger partial charge in [-0.25, -0.2) is 14.5 Å². The number of ether oxygens (including phenoxy) is 1. The van der Waals surface area contributed by atoms with E-state index in [0.29, 0.717) is 18.1 Å². The lowest BCUT2D eigenvalue weighted by Gasteiger charge is -2.39. The lowest BCUT2D eigenvalue weighted by Crippen LogP contribution is -2.52. The van der Waals surface area contributed by atoms with Crippen LogP contribution in [0.2, 0.25) is 0 Å². The van der Waals surface area contributed by atoms with Crippen molar-refractivity contribution in [2.45, 2.75) is 83.3 Å². The van der Waals surface area contributed by atoms with Crippen molar-refractivity contribution in [2.75, 3.05) is 0 Å². The number of fused-ring (bicyclic) bond motifs is 2. The molecule has 0 radical (unpaired) electrons. The number of rotatable bonds is 5. The summed E-state index contributed by atoms with van der Waals surface area (Å²) in [5.74, 6) is 0. The van der Waals surface area contributed by atoms with Crippen molar-refractivity contribution in [1.29, 1.82) is 0 Å². The van der Waals surface area contributed by atoms with Gasteiger partial charge in [-0.05, 0) is 57.6 Å². The van der Waals surface area contributed by atoms with Crippen molar-refractivity contribution in [2.24, 2.45) is 0 Å². The predicted molar refractivity (Wildman–Crippen MR) is 110 cm³/mol. The zero-order valence-electron chi connectivity index (χ0n) is 17.5. The molecule has 0 spiro atoms. The van der Waals surface area contributed by atoms with Crippen LogP contribution >= 0.6 is 0 Å². The van der Waals surface area contributed by atoms with Crippen LogP contribution in [0.4, 0.5) is 4.79 Å². The third kappa shape index (κ3) is 4.96. The van der Waals surface area contributed by atoms with E-state index in [9.17, 15) is 4.79 Å². The number of amides is 1. The molecule has 0 aliphatic carbocycles. The van der Waals surface area contributed by atoms with E-state index in [-0.39, 0.29) is 6.09 Å². The van der Waals surface area contributed by atoms with Gasteiger partial charge in [-0.2, -0.15) is 5.10 Å². The molecule has 2 aliphatic rings. The maximum Gasteiger partial charge on any atom is 0.410 e. The second-order valence-electron chi connectivity index (χ2n) is 9.23. The van der Waals surface area contributed by atoms with Crippen LogP contribution in [0.15, 0.2) is 36.9 Å². The minimum Gasteiger partial charge on any atom is -0.444 e. The quantitative estimate of drug-likeness (QED) is 0.838. The summed E-state index contributed by atoms with van der Waals surface area (Å²) in [4.78, 5) is 18.6. The molecule has 29 heavy (non-hydrogen) atoms. The van der Waals surface area contributed by atoms with E-state index in [1.54, 1.807) is 12.7 Å². The Kier molecular flexibility index (Phi) is 5.58. The fourth-order valence-corrected chi connectivity index (χ4v) is 4.48. The monoisotopic (exact) mass is 397 g/mol. The van der Waals surface area contributed by atoms with Gasteiger partial charge in [-0.15, -0.1) is 0 Å².